The Hall–Kier alpha value is -3.05. The molecular weight excluding hydrogens is 378 g/mol. The summed E-state index contributed by atoms with van der Waals surface area (Å²) in [6.45, 7) is 3.68. The quantitative estimate of drug-likeness (QED) is 0.514. The Bertz CT molecular complexity index is 1040. The molecule has 0 unspecified atom stereocenters. The number of hydrogen-bond acceptors (Lipinski definition) is 5. The van der Waals surface area contributed by atoms with Gasteiger partial charge in [0, 0.05) is 12.1 Å². The van der Waals surface area contributed by atoms with Gasteiger partial charge in [0.1, 0.15) is 12.4 Å². The van der Waals surface area contributed by atoms with E-state index in [4.69, 9.17) is 14.2 Å². The molecule has 0 spiro atoms. The molecule has 30 heavy (non-hydrogen) atoms. The number of methoxy groups -OCH3 is 2. The van der Waals surface area contributed by atoms with Gasteiger partial charge in [-0.15, -0.1) is 0 Å². The largest absolute Gasteiger partial charge is 0.493 e. The third-order valence-corrected chi connectivity index (χ3v) is 5.63. The summed E-state index contributed by atoms with van der Waals surface area (Å²) in [6, 6.07) is 17.0. The molecule has 0 radical (unpaired) electrons. The predicted octanol–water partition coefficient (Wildman–Crippen LogP) is 4.56. The van der Waals surface area contributed by atoms with Crippen molar-refractivity contribution in [1.82, 2.24) is 4.90 Å². The normalized spacial score (nSPS) is 14.1. The van der Waals surface area contributed by atoms with Crippen LogP contribution in [0.5, 0.6) is 17.2 Å². The predicted molar refractivity (Wildman–Crippen MR) is 118 cm³/mol. The Morgan fingerprint density at radius 3 is 2.40 bits per heavy atom. The Balaban J connectivity index is 1.69. The van der Waals surface area contributed by atoms with Gasteiger partial charge in [-0.25, -0.2) is 0 Å². The van der Waals surface area contributed by atoms with Gasteiger partial charge in [0.15, 0.2) is 17.3 Å². The van der Waals surface area contributed by atoms with Gasteiger partial charge in [-0.3, -0.25) is 9.69 Å². The minimum absolute atomic E-state index is 0.0936. The number of carbonyl (C=O) groups excluding carboxylic acids is 1. The maximum atomic E-state index is 13.6. The van der Waals surface area contributed by atoms with Crippen molar-refractivity contribution in [2.24, 2.45) is 0 Å². The van der Waals surface area contributed by atoms with E-state index in [2.05, 4.69) is 4.90 Å². The first kappa shape index (κ1) is 20.2. The molecule has 156 valence electrons. The molecule has 0 bridgehead atoms. The van der Waals surface area contributed by atoms with Crippen molar-refractivity contribution in [3.05, 3.63) is 65.7 Å². The van der Waals surface area contributed by atoms with Gasteiger partial charge in [0.2, 0.25) is 0 Å². The molecule has 5 heteroatoms. The number of hydrogen-bond donors (Lipinski definition) is 0. The third kappa shape index (κ3) is 4.12. The van der Waals surface area contributed by atoms with E-state index in [9.17, 15) is 4.79 Å². The minimum atomic E-state index is -0.0936. The molecule has 4 rings (SSSR count). The van der Waals surface area contributed by atoms with E-state index in [1.54, 1.807) is 32.4 Å². The average Bonchev–Trinajstić information content (AvgIpc) is 3.31. The molecule has 0 N–H and O–H groups in total. The molecule has 1 saturated heterocycles. The van der Waals surface area contributed by atoms with Crippen molar-refractivity contribution in [3.8, 4) is 17.2 Å². The number of rotatable bonds is 8. The van der Waals surface area contributed by atoms with Crippen molar-refractivity contribution in [2.75, 3.05) is 40.5 Å². The van der Waals surface area contributed by atoms with Crippen molar-refractivity contribution in [2.45, 2.75) is 12.8 Å². The smallest absolute Gasteiger partial charge is 0.197 e. The number of ketones is 1. The standard InChI is InChI=1S/C25H27NO4/c1-28-21-11-10-19(17-23(21)29-2)25(27)24-20-8-4-3-7-18(20)9-12-22(24)30-16-15-26-13-5-6-14-26/h3-4,7-12,17H,5-6,13-16H2,1-2H3. The molecule has 1 aliphatic heterocycles. The van der Waals surface area contributed by atoms with Gasteiger partial charge in [-0.05, 0) is 61.0 Å². The molecular formula is C25H27NO4. The van der Waals surface area contributed by atoms with E-state index in [1.165, 1.54) is 12.8 Å². The van der Waals surface area contributed by atoms with E-state index < -0.39 is 0 Å². The number of carbonyl (C=O) groups is 1. The van der Waals surface area contributed by atoms with E-state index in [0.717, 1.165) is 30.4 Å². The first-order chi connectivity index (χ1) is 14.7. The minimum Gasteiger partial charge on any atom is -0.493 e. The van der Waals surface area contributed by atoms with Crippen LogP contribution >= 0.6 is 0 Å². The fraction of sp³-hybridized carbons (Fsp3) is 0.320. The number of fused-ring (bicyclic) bond motifs is 1. The van der Waals surface area contributed by atoms with Crippen molar-refractivity contribution in [1.29, 1.82) is 0 Å². The average molecular weight is 405 g/mol. The molecule has 0 atom stereocenters. The number of ether oxygens (including phenoxy) is 3. The van der Waals surface area contributed by atoms with Crippen molar-refractivity contribution in [3.63, 3.8) is 0 Å². The van der Waals surface area contributed by atoms with Crippen LogP contribution < -0.4 is 14.2 Å². The second-order valence-electron chi connectivity index (χ2n) is 7.46. The van der Waals surface area contributed by atoms with Gasteiger partial charge in [0.25, 0.3) is 0 Å². The van der Waals surface area contributed by atoms with Gasteiger partial charge < -0.3 is 14.2 Å². The highest BCUT2D eigenvalue weighted by molar-refractivity contribution is 6.18. The summed E-state index contributed by atoms with van der Waals surface area (Å²) in [4.78, 5) is 16.0. The summed E-state index contributed by atoms with van der Waals surface area (Å²) in [5, 5.41) is 1.89. The van der Waals surface area contributed by atoms with Crippen LogP contribution in [0.2, 0.25) is 0 Å². The van der Waals surface area contributed by atoms with Crippen LogP contribution in [0.25, 0.3) is 10.8 Å². The SMILES string of the molecule is COc1ccc(C(=O)c2c(OCCN3CCCC3)ccc3ccccc23)cc1OC. The van der Waals surface area contributed by atoms with E-state index in [0.29, 0.717) is 35.0 Å². The Morgan fingerprint density at radius 2 is 1.63 bits per heavy atom. The molecule has 3 aromatic rings. The Morgan fingerprint density at radius 1 is 0.900 bits per heavy atom. The van der Waals surface area contributed by atoms with Crippen LogP contribution in [-0.2, 0) is 0 Å². The van der Waals surface area contributed by atoms with Crippen molar-refractivity contribution >= 4 is 16.6 Å². The Kier molecular flexibility index (Phi) is 6.19. The van der Waals surface area contributed by atoms with E-state index in [-0.39, 0.29) is 5.78 Å². The lowest BCUT2D eigenvalue weighted by molar-refractivity contribution is 0.103. The second kappa shape index (κ2) is 9.18. The highest BCUT2D eigenvalue weighted by Crippen LogP contribution is 2.33. The lowest BCUT2D eigenvalue weighted by Crippen LogP contribution is -2.25. The summed E-state index contributed by atoms with van der Waals surface area (Å²) in [5.41, 5.74) is 1.12. The molecule has 0 amide bonds. The zero-order valence-electron chi connectivity index (χ0n) is 17.5. The van der Waals surface area contributed by atoms with Crippen LogP contribution in [0.15, 0.2) is 54.6 Å². The van der Waals surface area contributed by atoms with Crippen LogP contribution in [0.3, 0.4) is 0 Å². The Labute approximate surface area is 177 Å². The maximum absolute atomic E-state index is 13.6. The number of likely N-dealkylation sites (tertiary alicyclic amines) is 1. The summed E-state index contributed by atoms with van der Waals surface area (Å²) < 4.78 is 16.8. The van der Waals surface area contributed by atoms with Crippen LogP contribution in [0, 0.1) is 0 Å². The van der Waals surface area contributed by atoms with Gasteiger partial charge in [-0.2, -0.15) is 0 Å². The van der Waals surface area contributed by atoms with Crippen LogP contribution in [0.1, 0.15) is 28.8 Å². The lowest BCUT2D eigenvalue weighted by Gasteiger charge is -2.18. The third-order valence-electron chi connectivity index (χ3n) is 5.63. The summed E-state index contributed by atoms with van der Waals surface area (Å²) >= 11 is 0. The highest BCUT2D eigenvalue weighted by Gasteiger charge is 2.20. The van der Waals surface area contributed by atoms with Gasteiger partial charge in [0.05, 0.1) is 19.8 Å². The maximum Gasteiger partial charge on any atom is 0.197 e. The van der Waals surface area contributed by atoms with Crippen LogP contribution in [-0.4, -0.2) is 51.1 Å². The molecule has 0 aliphatic carbocycles. The van der Waals surface area contributed by atoms with Crippen LogP contribution in [0.4, 0.5) is 0 Å². The first-order valence-corrected chi connectivity index (χ1v) is 10.3. The number of benzene rings is 3. The molecule has 5 nitrogen and oxygen atoms in total. The molecule has 0 saturated carbocycles. The molecule has 0 aromatic heterocycles. The molecule has 1 fully saturated rings. The summed E-state index contributed by atoms with van der Waals surface area (Å²) in [7, 11) is 3.15. The molecule has 3 aromatic carbocycles. The van der Waals surface area contributed by atoms with E-state index >= 15 is 0 Å². The zero-order valence-corrected chi connectivity index (χ0v) is 17.5. The summed E-state index contributed by atoms with van der Waals surface area (Å²) in [6.07, 6.45) is 2.50. The monoisotopic (exact) mass is 405 g/mol. The highest BCUT2D eigenvalue weighted by atomic mass is 16.5. The number of nitrogens with zero attached hydrogens (tertiary/aromatic N) is 1. The molecule has 1 heterocycles. The van der Waals surface area contributed by atoms with E-state index in [1.807, 2.05) is 36.4 Å². The van der Waals surface area contributed by atoms with Gasteiger partial charge >= 0.3 is 0 Å². The fourth-order valence-corrected chi connectivity index (χ4v) is 4.02. The first-order valence-electron chi connectivity index (χ1n) is 10.3. The van der Waals surface area contributed by atoms with Gasteiger partial charge in [-0.1, -0.05) is 30.3 Å². The fourth-order valence-electron chi connectivity index (χ4n) is 4.02. The zero-order chi connectivity index (χ0) is 20.9. The summed E-state index contributed by atoms with van der Waals surface area (Å²) in [5.74, 6) is 1.64. The topological polar surface area (TPSA) is 48.0 Å². The van der Waals surface area contributed by atoms with Crippen molar-refractivity contribution < 1.29 is 19.0 Å². The second-order valence-corrected chi connectivity index (χ2v) is 7.46. The lowest BCUT2D eigenvalue weighted by atomic mass is 9.96. The molecule has 1 aliphatic rings.